The van der Waals surface area contributed by atoms with Crippen molar-refractivity contribution in [3.63, 3.8) is 0 Å². The summed E-state index contributed by atoms with van der Waals surface area (Å²) in [6.07, 6.45) is 1.47. The van der Waals surface area contributed by atoms with Gasteiger partial charge in [0.1, 0.15) is 11.8 Å². The van der Waals surface area contributed by atoms with Crippen molar-refractivity contribution in [3.8, 4) is 29.0 Å². The summed E-state index contributed by atoms with van der Waals surface area (Å²) in [5, 5.41) is 8.92. The van der Waals surface area contributed by atoms with E-state index in [2.05, 4.69) is 25.8 Å². The fourth-order valence-electron chi connectivity index (χ4n) is 3.62. The number of rotatable bonds is 4. The van der Waals surface area contributed by atoms with Gasteiger partial charge in [-0.25, -0.2) is 14.8 Å². The van der Waals surface area contributed by atoms with Crippen LogP contribution in [-0.2, 0) is 13.6 Å². The molecule has 3 heterocycles. The van der Waals surface area contributed by atoms with Crippen molar-refractivity contribution in [1.82, 2.24) is 19.1 Å². The van der Waals surface area contributed by atoms with E-state index < -0.39 is 0 Å². The molecule has 7 nitrogen and oxygen atoms in total. The summed E-state index contributed by atoms with van der Waals surface area (Å²) in [6.45, 7) is 8.95. The molecule has 0 saturated heterocycles. The minimum absolute atomic E-state index is 0.0292. The molecule has 0 N–H and O–H groups in total. The molecule has 4 rings (SSSR count). The van der Waals surface area contributed by atoms with Crippen LogP contribution in [0.2, 0.25) is 0 Å². The highest BCUT2D eigenvalue weighted by Gasteiger charge is 2.19. The van der Waals surface area contributed by atoms with Gasteiger partial charge in [-0.2, -0.15) is 5.26 Å². The molecule has 0 amide bonds. The molecule has 1 aromatic carbocycles. The van der Waals surface area contributed by atoms with Crippen molar-refractivity contribution in [2.24, 2.45) is 12.5 Å². The molecule has 0 radical (unpaired) electrons. The van der Waals surface area contributed by atoms with Gasteiger partial charge < -0.3 is 4.74 Å². The number of nitriles is 1. The molecule has 0 atom stereocenters. The Bertz CT molecular complexity index is 1400. The second-order valence-corrected chi connectivity index (χ2v) is 9.10. The molecule has 32 heavy (non-hydrogen) atoms. The van der Waals surface area contributed by atoms with E-state index in [1.165, 1.54) is 6.20 Å². The molecule has 162 valence electrons. The number of nitrogens with zero attached hydrogens (tertiary/aromatic N) is 5. The number of hydrogen-bond donors (Lipinski definition) is 0. The summed E-state index contributed by atoms with van der Waals surface area (Å²) in [5.41, 5.74) is 4.56. The normalized spacial score (nSPS) is 11.5. The number of benzene rings is 1. The molecule has 0 aliphatic rings. The first-order valence-corrected chi connectivity index (χ1v) is 10.4. The zero-order valence-electron chi connectivity index (χ0n) is 18.9. The lowest BCUT2D eigenvalue weighted by atomic mass is 9.97. The summed E-state index contributed by atoms with van der Waals surface area (Å²) in [5.74, 6) is 1.02. The average Bonchev–Trinajstić information content (AvgIpc) is 2.99. The maximum absolute atomic E-state index is 12.8. The van der Waals surface area contributed by atoms with E-state index in [4.69, 9.17) is 15.0 Å². The van der Waals surface area contributed by atoms with Crippen LogP contribution in [-0.4, -0.2) is 19.1 Å². The van der Waals surface area contributed by atoms with E-state index in [0.29, 0.717) is 29.4 Å². The average molecular weight is 428 g/mol. The summed E-state index contributed by atoms with van der Waals surface area (Å²) in [4.78, 5) is 21.8. The third-order valence-corrected chi connectivity index (χ3v) is 5.19. The first-order valence-electron chi connectivity index (χ1n) is 10.4. The first kappa shape index (κ1) is 21.3. The van der Waals surface area contributed by atoms with Crippen LogP contribution in [0.25, 0.3) is 22.4 Å². The van der Waals surface area contributed by atoms with Crippen LogP contribution in [0.15, 0.2) is 53.5 Å². The molecule has 0 saturated carbocycles. The molecule has 0 fully saturated rings. The molecule has 0 aliphatic carbocycles. The van der Waals surface area contributed by atoms with Gasteiger partial charge in [-0.15, -0.1) is 0 Å². The van der Waals surface area contributed by atoms with Gasteiger partial charge in [0.2, 0.25) is 5.88 Å². The van der Waals surface area contributed by atoms with Crippen LogP contribution in [0.4, 0.5) is 0 Å². The van der Waals surface area contributed by atoms with Crippen molar-refractivity contribution in [3.05, 3.63) is 70.3 Å². The van der Waals surface area contributed by atoms with Crippen LogP contribution in [0.1, 0.15) is 31.9 Å². The summed E-state index contributed by atoms with van der Waals surface area (Å²) in [7, 11) is 1.75. The quantitative estimate of drug-likeness (QED) is 0.466. The molecule has 0 bridgehead atoms. The third kappa shape index (κ3) is 4.12. The monoisotopic (exact) mass is 427 g/mol. The fourth-order valence-corrected chi connectivity index (χ4v) is 3.62. The molecule has 0 aliphatic heterocycles. The van der Waals surface area contributed by atoms with Crippen LogP contribution in [0.5, 0.6) is 11.6 Å². The highest BCUT2D eigenvalue weighted by atomic mass is 16.5. The van der Waals surface area contributed by atoms with Gasteiger partial charge in [0.25, 0.3) is 0 Å². The Hall–Kier alpha value is -3.92. The zero-order valence-corrected chi connectivity index (χ0v) is 18.9. The van der Waals surface area contributed by atoms with Gasteiger partial charge in [-0.3, -0.25) is 9.13 Å². The van der Waals surface area contributed by atoms with Gasteiger partial charge in [-0.1, -0.05) is 26.8 Å². The highest BCUT2D eigenvalue weighted by molar-refractivity contribution is 5.77. The first-order chi connectivity index (χ1) is 15.2. The van der Waals surface area contributed by atoms with Crippen LogP contribution in [0, 0.1) is 23.7 Å². The maximum atomic E-state index is 12.8. The molecular formula is C25H25N5O2. The van der Waals surface area contributed by atoms with Crippen LogP contribution in [0.3, 0.4) is 0 Å². The van der Waals surface area contributed by atoms with Crippen LogP contribution >= 0.6 is 0 Å². The minimum Gasteiger partial charge on any atom is -0.439 e. The summed E-state index contributed by atoms with van der Waals surface area (Å²) < 4.78 is 9.26. The van der Waals surface area contributed by atoms with Crippen molar-refractivity contribution in [2.45, 2.75) is 34.2 Å². The second kappa shape index (κ2) is 7.97. The van der Waals surface area contributed by atoms with E-state index in [1.807, 2.05) is 43.3 Å². The van der Waals surface area contributed by atoms with E-state index >= 15 is 0 Å². The zero-order chi connectivity index (χ0) is 23.0. The largest absolute Gasteiger partial charge is 0.439 e. The molecule has 0 unspecified atom stereocenters. The molecular weight excluding hydrogens is 402 g/mol. The smallest absolute Gasteiger partial charge is 0.330 e. The van der Waals surface area contributed by atoms with Gasteiger partial charge in [0, 0.05) is 31.4 Å². The molecule has 7 heteroatoms. The van der Waals surface area contributed by atoms with E-state index in [0.717, 1.165) is 22.3 Å². The van der Waals surface area contributed by atoms with Crippen molar-refractivity contribution >= 4 is 11.2 Å². The minimum atomic E-state index is -0.0692. The van der Waals surface area contributed by atoms with Gasteiger partial charge in [0.05, 0.1) is 16.8 Å². The summed E-state index contributed by atoms with van der Waals surface area (Å²) >= 11 is 0. The maximum Gasteiger partial charge on any atom is 0.330 e. The fraction of sp³-hybridized carbons (Fsp3) is 0.280. The predicted molar refractivity (Wildman–Crippen MR) is 124 cm³/mol. The third-order valence-electron chi connectivity index (χ3n) is 5.19. The van der Waals surface area contributed by atoms with E-state index in [9.17, 15) is 4.79 Å². The van der Waals surface area contributed by atoms with Crippen molar-refractivity contribution in [1.29, 1.82) is 5.26 Å². The lowest BCUT2D eigenvalue weighted by molar-refractivity contribution is 0.342. The highest BCUT2D eigenvalue weighted by Crippen LogP contribution is 2.30. The Morgan fingerprint density at radius 2 is 1.91 bits per heavy atom. The van der Waals surface area contributed by atoms with Gasteiger partial charge in [0.15, 0.2) is 5.65 Å². The lowest BCUT2D eigenvalue weighted by Gasteiger charge is -2.18. The number of ether oxygens (including phenoxy) is 1. The topological polar surface area (TPSA) is 85.7 Å². The second-order valence-electron chi connectivity index (χ2n) is 9.10. The Morgan fingerprint density at radius 3 is 2.56 bits per heavy atom. The van der Waals surface area contributed by atoms with Gasteiger partial charge >= 0.3 is 5.69 Å². The van der Waals surface area contributed by atoms with E-state index in [1.54, 1.807) is 28.3 Å². The number of aromatic nitrogens is 4. The number of fused-ring (bicyclic) bond motifs is 1. The molecule has 4 aromatic rings. The van der Waals surface area contributed by atoms with Crippen LogP contribution < -0.4 is 10.4 Å². The predicted octanol–water partition coefficient (Wildman–Crippen LogP) is 4.82. The van der Waals surface area contributed by atoms with Crippen molar-refractivity contribution in [2.75, 3.05) is 0 Å². The van der Waals surface area contributed by atoms with Crippen molar-refractivity contribution < 1.29 is 4.74 Å². The Kier molecular flexibility index (Phi) is 5.31. The Balaban J connectivity index is 1.73. The number of aryl methyl sites for hydroxylation is 2. The number of hydrogen-bond acceptors (Lipinski definition) is 5. The Labute approximate surface area is 186 Å². The molecule has 0 spiro atoms. The lowest BCUT2D eigenvalue weighted by Crippen LogP contribution is -2.27. The van der Waals surface area contributed by atoms with E-state index in [-0.39, 0.29) is 11.1 Å². The van der Waals surface area contributed by atoms with Gasteiger partial charge in [-0.05, 0) is 48.2 Å². The summed E-state index contributed by atoms with van der Waals surface area (Å²) in [6, 6.07) is 15.0. The number of imidazole rings is 1. The Morgan fingerprint density at radius 1 is 1.12 bits per heavy atom. The SMILES string of the molecule is Cc1ccc(Oc2ccc(C#N)cn2)cc1-c1ccc2c(n1)n(C)c(=O)n2CC(C)(C)C. The number of pyridine rings is 2. The molecule has 3 aromatic heterocycles. The standard InChI is InChI=1S/C25H25N5O2/c1-16-6-8-18(32-22-11-7-17(13-26)14-27-22)12-19(16)20-9-10-21-23(28-20)29(5)24(31)30(21)15-25(2,3)4/h6-12,14H,15H2,1-5H3.